The number of aromatic amines is 2. The Bertz CT molecular complexity index is 1470. The second kappa shape index (κ2) is 7.93. The third-order valence-electron chi connectivity index (χ3n) is 6.26. The maximum Gasteiger partial charge on any atom is 0.159 e. The fraction of sp³-hybridized carbons (Fsp3) is 0.250. The quantitative estimate of drug-likeness (QED) is 0.385. The van der Waals surface area contributed by atoms with Crippen molar-refractivity contribution in [3.05, 3.63) is 54.4 Å². The average molecular weight is 443 g/mol. The Labute approximate surface area is 188 Å². The molecule has 0 bridgehead atoms. The van der Waals surface area contributed by atoms with Crippen LogP contribution in [0.5, 0.6) is 5.75 Å². The van der Waals surface area contributed by atoms with E-state index < -0.39 is 0 Å². The van der Waals surface area contributed by atoms with Crippen molar-refractivity contribution >= 4 is 21.9 Å². The molecule has 9 heteroatoms. The smallest absolute Gasteiger partial charge is 0.159 e. The summed E-state index contributed by atoms with van der Waals surface area (Å²) in [4.78, 5) is 17.2. The largest absolute Gasteiger partial charge is 0.497 e. The monoisotopic (exact) mass is 443 g/mol. The van der Waals surface area contributed by atoms with Gasteiger partial charge in [-0.2, -0.15) is 5.10 Å². The molecule has 0 amide bonds. The van der Waals surface area contributed by atoms with Gasteiger partial charge >= 0.3 is 0 Å². The lowest BCUT2D eigenvalue weighted by Gasteiger charge is -2.21. The van der Waals surface area contributed by atoms with Gasteiger partial charge in [0.05, 0.1) is 36.1 Å². The van der Waals surface area contributed by atoms with Gasteiger partial charge in [0.25, 0.3) is 0 Å². The first-order chi connectivity index (χ1) is 16.2. The second-order valence-corrected chi connectivity index (χ2v) is 8.30. The first-order valence-corrected chi connectivity index (χ1v) is 10.9. The molecule has 33 heavy (non-hydrogen) atoms. The number of rotatable bonds is 4. The lowest BCUT2D eigenvalue weighted by molar-refractivity contribution is 0.411. The maximum atomic E-state index is 14.1. The second-order valence-electron chi connectivity index (χ2n) is 8.30. The van der Waals surface area contributed by atoms with Crippen LogP contribution in [0.4, 0.5) is 4.39 Å². The fourth-order valence-electron chi connectivity index (χ4n) is 4.55. The van der Waals surface area contributed by atoms with Gasteiger partial charge in [-0.25, -0.2) is 9.37 Å². The van der Waals surface area contributed by atoms with Gasteiger partial charge in [0.2, 0.25) is 0 Å². The van der Waals surface area contributed by atoms with E-state index in [4.69, 9.17) is 9.72 Å². The molecule has 0 aliphatic carbocycles. The summed E-state index contributed by atoms with van der Waals surface area (Å²) in [6.45, 7) is 2.01. The number of hydrogen-bond acceptors (Lipinski definition) is 6. The minimum Gasteiger partial charge on any atom is -0.497 e. The highest BCUT2D eigenvalue weighted by Gasteiger charge is 2.20. The van der Waals surface area contributed by atoms with Crippen LogP contribution < -0.4 is 10.1 Å². The average Bonchev–Trinajstić information content (AvgIpc) is 3.47. The zero-order valence-electron chi connectivity index (χ0n) is 18.0. The zero-order chi connectivity index (χ0) is 22.4. The van der Waals surface area contributed by atoms with Crippen molar-refractivity contribution in [1.29, 1.82) is 0 Å². The van der Waals surface area contributed by atoms with Crippen molar-refractivity contribution in [2.45, 2.75) is 18.8 Å². The van der Waals surface area contributed by atoms with Crippen LogP contribution in [0.1, 0.15) is 24.5 Å². The Morgan fingerprint density at radius 1 is 1.03 bits per heavy atom. The number of fused-ring (bicyclic) bond motifs is 2. The molecule has 1 aromatic carbocycles. The van der Waals surface area contributed by atoms with Gasteiger partial charge < -0.3 is 15.0 Å². The lowest BCUT2D eigenvalue weighted by atomic mass is 9.93. The molecule has 8 nitrogen and oxygen atoms in total. The van der Waals surface area contributed by atoms with Crippen molar-refractivity contribution in [2.24, 2.45) is 0 Å². The number of benzene rings is 1. The normalized spacial score (nSPS) is 14.8. The van der Waals surface area contributed by atoms with Crippen molar-refractivity contribution in [3.63, 3.8) is 0 Å². The summed E-state index contributed by atoms with van der Waals surface area (Å²) in [5, 5.41) is 12.0. The van der Waals surface area contributed by atoms with Gasteiger partial charge in [-0.05, 0) is 49.7 Å². The molecule has 5 aromatic rings. The van der Waals surface area contributed by atoms with Gasteiger partial charge in [-0.3, -0.25) is 15.1 Å². The minimum atomic E-state index is -0.381. The molecule has 4 aromatic heterocycles. The van der Waals surface area contributed by atoms with E-state index in [2.05, 4.69) is 36.5 Å². The summed E-state index contributed by atoms with van der Waals surface area (Å²) in [5.74, 6) is 1.12. The topological polar surface area (TPSA) is 104 Å². The number of piperidine rings is 1. The van der Waals surface area contributed by atoms with Crippen molar-refractivity contribution in [1.82, 2.24) is 35.5 Å². The fourth-order valence-corrected chi connectivity index (χ4v) is 4.55. The molecule has 1 fully saturated rings. The number of methoxy groups -OCH3 is 1. The van der Waals surface area contributed by atoms with E-state index in [1.165, 1.54) is 19.2 Å². The highest BCUT2D eigenvalue weighted by atomic mass is 19.1. The molecule has 5 heterocycles. The molecule has 6 rings (SSSR count). The first-order valence-electron chi connectivity index (χ1n) is 10.9. The highest BCUT2D eigenvalue weighted by Crippen LogP contribution is 2.34. The Morgan fingerprint density at radius 3 is 2.76 bits per heavy atom. The van der Waals surface area contributed by atoms with Crippen molar-refractivity contribution in [2.75, 3.05) is 20.2 Å². The van der Waals surface area contributed by atoms with Crippen LogP contribution in [0.15, 0.2) is 42.9 Å². The number of aromatic nitrogens is 6. The van der Waals surface area contributed by atoms with E-state index in [9.17, 15) is 4.39 Å². The molecular formula is C24H22FN7O. The minimum absolute atomic E-state index is 0.381. The third-order valence-corrected chi connectivity index (χ3v) is 6.26. The van der Waals surface area contributed by atoms with E-state index in [1.807, 2.05) is 6.20 Å². The number of hydrogen-bond donors (Lipinski definition) is 3. The highest BCUT2D eigenvalue weighted by molar-refractivity contribution is 5.96. The van der Waals surface area contributed by atoms with Crippen LogP contribution >= 0.6 is 0 Å². The van der Waals surface area contributed by atoms with Crippen LogP contribution in [0, 0.1) is 5.82 Å². The van der Waals surface area contributed by atoms with E-state index in [1.54, 1.807) is 18.5 Å². The van der Waals surface area contributed by atoms with Gasteiger partial charge in [0.1, 0.15) is 17.3 Å². The molecule has 0 radical (unpaired) electrons. The number of halogens is 1. The van der Waals surface area contributed by atoms with E-state index >= 15 is 0 Å². The number of ether oxygens (including phenoxy) is 1. The van der Waals surface area contributed by atoms with Crippen molar-refractivity contribution in [3.8, 4) is 28.4 Å². The molecule has 1 aliphatic rings. The Kier molecular flexibility index (Phi) is 4.76. The van der Waals surface area contributed by atoms with E-state index in [0.717, 1.165) is 53.7 Å². The predicted molar refractivity (Wildman–Crippen MR) is 124 cm³/mol. The van der Waals surface area contributed by atoms with Crippen LogP contribution in [-0.4, -0.2) is 50.3 Å². The molecule has 1 aliphatic heterocycles. The Morgan fingerprint density at radius 2 is 1.91 bits per heavy atom. The standard InChI is InChI=1S/C24H22FN7O/c1-33-16-7-14(6-15(25)8-16)18-10-27-11-21-22(18)30-24(29-21)23-17-9-19(13-2-4-26-5-3-13)28-12-20(17)31-32-23/h6-13,26H,2-5H2,1H3,(H,29,30)(H,31,32). The summed E-state index contributed by atoms with van der Waals surface area (Å²) in [6, 6.07) is 6.69. The van der Waals surface area contributed by atoms with Gasteiger partial charge in [-0.15, -0.1) is 0 Å². The molecule has 3 N–H and O–H groups in total. The Balaban J connectivity index is 1.46. The third kappa shape index (κ3) is 3.50. The lowest BCUT2D eigenvalue weighted by Crippen LogP contribution is -2.27. The number of nitrogens with one attached hydrogen (secondary N) is 3. The van der Waals surface area contributed by atoms with E-state index in [0.29, 0.717) is 34.1 Å². The summed E-state index contributed by atoms with van der Waals surface area (Å²) < 4.78 is 19.4. The first kappa shape index (κ1) is 19.8. The molecule has 0 unspecified atom stereocenters. The molecule has 0 atom stereocenters. The SMILES string of the molecule is COc1cc(F)cc(-c2cncc3[nH]c(-c4n[nH]c5cnc(C6CCNCC6)cc45)nc23)c1. The number of H-pyrrole nitrogens is 2. The predicted octanol–water partition coefficient (Wildman–Crippen LogP) is 4.18. The van der Waals surface area contributed by atoms with Crippen LogP contribution in [0.3, 0.4) is 0 Å². The summed E-state index contributed by atoms with van der Waals surface area (Å²) in [7, 11) is 1.51. The maximum absolute atomic E-state index is 14.1. The molecule has 1 saturated heterocycles. The van der Waals surface area contributed by atoms with Gasteiger partial charge in [0.15, 0.2) is 5.82 Å². The van der Waals surface area contributed by atoms with E-state index in [-0.39, 0.29) is 5.82 Å². The van der Waals surface area contributed by atoms with Crippen LogP contribution in [0.25, 0.3) is 44.6 Å². The van der Waals surface area contributed by atoms with Crippen LogP contribution in [-0.2, 0) is 0 Å². The number of imidazole rings is 1. The molecule has 166 valence electrons. The number of pyridine rings is 2. The summed E-state index contributed by atoms with van der Waals surface area (Å²) in [5.41, 5.74) is 5.46. The van der Waals surface area contributed by atoms with Gasteiger partial charge in [-0.1, -0.05) is 0 Å². The summed E-state index contributed by atoms with van der Waals surface area (Å²) in [6.07, 6.45) is 7.38. The molecule has 0 spiro atoms. The molecule has 0 saturated carbocycles. The number of nitrogens with zero attached hydrogens (tertiary/aromatic N) is 4. The van der Waals surface area contributed by atoms with Gasteiger partial charge in [0, 0.05) is 34.8 Å². The van der Waals surface area contributed by atoms with Crippen LogP contribution in [0.2, 0.25) is 0 Å². The molecular weight excluding hydrogens is 421 g/mol. The Hall–Kier alpha value is -3.85. The zero-order valence-corrected chi connectivity index (χ0v) is 18.0. The van der Waals surface area contributed by atoms with Crippen molar-refractivity contribution < 1.29 is 9.13 Å². The summed E-state index contributed by atoms with van der Waals surface area (Å²) >= 11 is 0.